The van der Waals surface area contributed by atoms with Crippen LogP contribution in [0.15, 0.2) is 0 Å². The van der Waals surface area contributed by atoms with Gasteiger partial charge in [-0.25, -0.2) is 4.98 Å². The van der Waals surface area contributed by atoms with Gasteiger partial charge in [-0.15, -0.1) is 11.3 Å². The first-order valence-corrected chi connectivity index (χ1v) is 8.72. The lowest BCUT2D eigenvalue weighted by atomic mass is 10.1. The second kappa shape index (κ2) is 5.25. The fraction of sp³-hybridized carbons (Fsp3) is 0.733. The summed E-state index contributed by atoms with van der Waals surface area (Å²) in [6.45, 7) is 5.54. The molecule has 114 valence electrons. The summed E-state index contributed by atoms with van der Waals surface area (Å²) < 4.78 is 0. The highest BCUT2D eigenvalue weighted by molar-refractivity contribution is 7.15. The minimum absolute atomic E-state index is 0.374. The first-order chi connectivity index (χ1) is 10.2. The summed E-state index contributed by atoms with van der Waals surface area (Å²) in [5.74, 6) is -0.141. The van der Waals surface area contributed by atoms with Gasteiger partial charge in [-0.2, -0.15) is 0 Å². The third-order valence-corrected chi connectivity index (χ3v) is 6.05. The molecule has 0 amide bonds. The molecule has 1 aromatic heterocycles. The Labute approximate surface area is 128 Å². The van der Waals surface area contributed by atoms with E-state index < -0.39 is 5.97 Å². The fourth-order valence-electron chi connectivity index (χ4n) is 3.38. The summed E-state index contributed by atoms with van der Waals surface area (Å²) in [5.41, 5.74) is 0.836. The summed E-state index contributed by atoms with van der Waals surface area (Å²) >= 11 is 1.71. The fourth-order valence-corrected chi connectivity index (χ4v) is 4.57. The van der Waals surface area contributed by atoms with Crippen LogP contribution in [0.1, 0.15) is 35.8 Å². The van der Waals surface area contributed by atoms with Crippen LogP contribution in [-0.2, 0) is 11.2 Å². The molecule has 6 heteroatoms. The van der Waals surface area contributed by atoms with Crippen molar-refractivity contribution in [1.82, 2.24) is 9.88 Å². The normalized spacial score (nSPS) is 26.1. The summed E-state index contributed by atoms with van der Waals surface area (Å²) in [6.07, 6.45) is 4.43. The molecule has 1 saturated heterocycles. The van der Waals surface area contributed by atoms with Gasteiger partial charge < -0.3 is 10.0 Å². The molecule has 1 aromatic rings. The standard InChI is InChI=1S/C15H21N3O2S/c19-14(20)11-3-4-12-13(11)16-15(21-12)18-7-5-17(6-8-18)9-10-1-2-10/h10-11H,1-9H2,(H,19,20). The number of hydrogen-bond donors (Lipinski definition) is 1. The number of hydrogen-bond acceptors (Lipinski definition) is 5. The van der Waals surface area contributed by atoms with Gasteiger partial charge in [0, 0.05) is 37.6 Å². The Kier molecular flexibility index (Phi) is 3.38. The van der Waals surface area contributed by atoms with E-state index >= 15 is 0 Å². The maximum absolute atomic E-state index is 11.2. The monoisotopic (exact) mass is 307 g/mol. The number of aromatic nitrogens is 1. The Hall–Kier alpha value is -1.14. The van der Waals surface area contributed by atoms with Crippen molar-refractivity contribution >= 4 is 22.4 Å². The molecule has 3 aliphatic rings. The average molecular weight is 307 g/mol. The smallest absolute Gasteiger partial charge is 0.312 e. The van der Waals surface area contributed by atoms with Crippen molar-refractivity contribution in [3.8, 4) is 0 Å². The molecule has 5 nitrogen and oxygen atoms in total. The summed E-state index contributed by atoms with van der Waals surface area (Å²) in [4.78, 5) is 22.0. The van der Waals surface area contributed by atoms with Crippen LogP contribution >= 0.6 is 11.3 Å². The van der Waals surface area contributed by atoms with Crippen LogP contribution in [0.3, 0.4) is 0 Å². The van der Waals surface area contributed by atoms with E-state index in [4.69, 9.17) is 0 Å². The highest BCUT2D eigenvalue weighted by Crippen LogP contribution is 2.39. The highest BCUT2D eigenvalue weighted by atomic mass is 32.1. The second-order valence-electron chi connectivity index (χ2n) is 6.47. The Morgan fingerprint density at radius 2 is 2.00 bits per heavy atom. The quantitative estimate of drug-likeness (QED) is 0.919. The highest BCUT2D eigenvalue weighted by Gasteiger charge is 2.34. The van der Waals surface area contributed by atoms with Crippen molar-refractivity contribution in [2.75, 3.05) is 37.6 Å². The molecule has 0 spiro atoms. The van der Waals surface area contributed by atoms with E-state index in [1.54, 1.807) is 11.3 Å². The number of carboxylic acid groups (broad SMARTS) is 1. The molecular weight excluding hydrogens is 286 g/mol. The van der Waals surface area contributed by atoms with E-state index in [0.717, 1.165) is 55.8 Å². The molecule has 1 unspecified atom stereocenters. The van der Waals surface area contributed by atoms with Gasteiger partial charge in [-0.3, -0.25) is 9.69 Å². The van der Waals surface area contributed by atoms with Gasteiger partial charge >= 0.3 is 5.97 Å². The average Bonchev–Trinajstić information content (AvgIpc) is 3.03. The summed E-state index contributed by atoms with van der Waals surface area (Å²) in [7, 11) is 0. The van der Waals surface area contributed by atoms with Crippen molar-refractivity contribution < 1.29 is 9.90 Å². The molecule has 1 aliphatic heterocycles. The molecule has 0 aromatic carbocycles. The van der Waals surface area contributed by atoms with Crippen LogP contribution in [-0.4, -0.2) is 53.7 Å². The van der Waals surface area contributed by atoms with Crippen LogP contribution in [0.2, 0.25) is 0 Å². The van der Waals surface area contributed by atoms with Gasteiger partial charge in [0.15, 0.2) is 5.13 Å². The van der Waals surface area contributed by atoms with Crippen molar-refractivity contribution in [2.45, 2.75) is 31.6 Å². The molecular formula is C15H21N3O2S. The van der Waals surface area contributed by atoms with E-state index in [1.165, 1.54) is 24.3 Å². The molecule has 2 heterocycles. The molecule has 4 rings (SSSR count). The molecule has 2 aliphatic carbocycles. The maximum Gasteiger partial charge on any atom is 0.312 e. The molecule has 1 N–H and O–H groups in total. The van der Waals surface area contributed by atoms with Gasteiger partial charge in [-0.1, -0.05) is 0 Å². The van der Waals surface area contributed by atoms with Crippen molar-refractivity contribution in [3.05, 3.63) is 10.6 Å². The minimum atomic E-state index is -0.722. The van der Waals surface area contributed by atoms with Crippen LogP contribution < -0.4 is 4.90 Å². The first kappa shape index (κ1) is 13.5. The van der Waals surface area contributed by atoms with E-state index in [1.807, 2.05) is 0 Å². The number of anilines is 1. The number of aryl methyl sites for hydroxylation is 1. The third-order valence-electron chi connectivity index (χ3n) is 4.86. The molecule has 1 saturated carbocycles. The van der Waals surface area contributed by atoms with Crippen molar-refractivity contribution in [3.63, 3.8) is 0 Å². The number of thiazole rings is 1. The Morgan fingerprint density at radius 3 is 2.67 bits per heavy atom. The number of carbonyl (C=O) groups is 1. The number of rotatable bonds is 4. The van der Waals surface area contributed by atoms with E-state index in [-0.39, 0.29) is 5.92 Å². The van der Waals surface area contributed by atoms with Gasteiger partial charge in [0.05, 0.1) is 5.69 Å². The SMILES string of the molecule is O=C(O)C1CCc2sc(N3CCN(CC4CC4)CC3)nc21. The van der Waals surface area contributed by atoms with Gasteiger partial charge in [0.2, 0.25) is 0 Å². The van der Waals surface area contributed by atoms with Crippen molar-refractivity contribution in [2.24, 2.45) is 5.92 Å². The molecule has 2 fully saturated rings. The summed E-state index contributed by atoms with van der Waals surface area (Å²) in [6, 6.07) is 0. The Bertz CT molecular complexity index is 547. The Morgan fingerprint density at radius 1 is 1.24 bits per heavy atom. The van der Waals surface area contributed by atoms with Crippen LogP contribution in [0.4, 0.5) is 5.13 Å². The van der Waals surface area contributed by atoms with Crippen LogP contribution in [0.25, 0.3) is 0 Å². The second-order valence-corrected chi connectivity index (χ2v) is 7.53. The third kappa shape index (κ3) is 2.66. The van der Waals surface area contributed by atoms with E-state index in [2.05, 4.69) is 14.8 Å². The molecule has 21 heavy (non-hydrogen) atoms. The zero-order valence-electron chi connectivity index (χ0n) is 12.1. The van der Waals surface area contributed by atoms with Gasteiger partial charge in [-0.05, 0) is 31.6 Å². The Balaban J connectivity index is 1.41. The number of nitrogens with zero attached hydrogens (tertiary/aromatic N) is 3. The molecule has 0 radical (unpaired) electrons. The predicted octanol–water partition coefficient (Wildman–Crippen LogP) is 1.79. The number of carboxylic acids is 1. The largest absolute Gasteiger partial charge is 0.481 e. The van der Waals surface area contributed by atoms with Crippen LogP contribution in [0.5, 0.6) is 0 Å². The number of fused-ring (bicyclic) bond motifs is 1. The van der Waals surface area contributed by atoms with Crippen molar-refractivity contribution in [1.29, 1.82) is 0 Å². The molecule has 1 atom stereocenters. The zero-order valence-corrected chi connectivity index (χ0v) is 12.9. The van der Waals surface area contributed by atoms with Gasteiger partial charge in [0.1, 0.15) is 5.92 Å². The lowest BCUT2D eigenvalue weighted by Gasteiger charge is -2.34. The molecule has 0 bridgehead atoms. The van der Waals surface area contributed by atoms with Gasteiger partial charge in [0.25, 0.3) is 0 Å². The minimum Gasteiger partial charge on any atom is -0.481 e. The maximum atomic E-state index is 11.2. The van der Waals surface area contributed by atoms with Crippen LogP contribution in [0, 0.1) is 5.92 Å². The van der Waals surface area contributed by atoms with E-state index in [0.29, 0.717) is 0 Å². The number of aliphatic carboxylic acids is 1. The first-order valence-electron chi connectivity index (χ1n) is 7.90. The predicted molar refractivity (Wildman–Crippen MR) is 82.2 cm³/mol. The zero-order chi connectivity index (χ0) is 14.4. The number of piperazine rings is 1. The lowest BCUT2D eigenvalue weighted by Crippen LogP contribution is -2.47. The topological polar surface area (TPSA) is 56.7 Å². The summed E-state index contributed by atoms with van der Waals surface area (Å²) in [5, 5.41) is 10.3. The van der Waals surface area contributed by atoms with E-state index in [9.17, 15) is 9.90 Å². The lowest BCUT2D eigenvalue weighted by molar-refractivity contribution is -0.138.